The van der Waals surface area contributed by atoms with E-state index in [1.54, 1.807) is 31.2 Å². The minimum atomic E-state index is -3.17. The Hall–Kier alpha value is -2.18. The Morgan fingerprint density at radius 1 is 1.16 bits per heavy atom. The van der Waals surface area contributed by atoms with E-state index in [1.807, 2.05) is 18.2 Å². The molecule has 0 amide bonds. The highest BCUT2D eigenvalue weighted by Crippen LogP contribution is 2.24. The number of hydrogen-bond donors (Lipinski definition) is 1. The first-order valence-corrected chi connectivity index (χ1v) is 9.94. The topological polar surface area (TPSA) is 74.7 Å². The van der Waals surface area contributed by atoms with Crippen molar-refractivity contribution in [2.45, 2.75) is 31.3 Å². The quantitative estimate of drug-likeness (QED) is 0.888. The van der Waals surface area contributed by atoms with Crippen molar-refractivity contribution in [3.05, 3.63) is 64.7 Å². The first-order chi connectivity index (χ1) is 11.9. The monoisotopic (exact) mass is 359 g/mol. The van der Waals surface area contributed by atoms with Crippen LogP contribution in [0.4, 0.5) is 0 Å². The molecule has 2 aromatic carbocycles. The zero-order valence-corrected chi connectivity index (χ0v) is 14.9. The zero-order chi connectivity index (χ0) is 18.0. The fourth-order valence-corrected chi connectivity index (χ4v) is 4.11. The molecule has 0 bridgehead atoms. The van der Waals surface area contributed by atoms with Gasteiger partial charge in [0, 0.05) is 19.6 Å². The molecule has 1 heterocycles. The zero-order valence-electron chi connectivity index (χ0n) is 14.1. The van der Waals surface area contributed by atoms with Gasteiger partial charge < -0.3 is 5.11 Å². The van der Waals surface area contributed by atoms with Crippen molar-refractivity contribution in [3.8, 4) is 0 Å². The van der Waals surface area contributed by atoms with E-state index in [2.05, 4.69) is 4.90 Å². The van der Waals surface area contributed by atoms with E-state index >= 15 is 0 Å². The molecule has 0 saturated carbocycles. The highest BCUT2D eigenvalue weighted by atomic mass is 32.2. The number of carboxylic acid groups (broad SMARTS) is 1. The van der Waals surface area contributed by atoms with Crippen LogP contribution in [0.15, 0.2) is 47.4 Å². The van der Waals surface area contributed by atoms with Gasteiger partial charge >= 0.3 is 5.97 Å². The van der Waals surface area contributed by atoms with Gasteiger partial charge in [-0.15, -0.1) is 0 Å². The first kappa shape index (κ1) is 17.6. The van der Waals surface area contributed by atoms with Gasteiger partial charge in [-0.2, -0.15) is 0 Å². The fraction of sp³-hybridized carbons (Fsp3) is 0.316. The lowest BCUT2D eigenvalue weighted by molar-refractivity contribution is 0.0694. The van der Waals surface area contributed by atoms with E-state index < -0.39 is 15.8 Å². The van der Waals surface area contributed by atoms with Crippen LogP contribution in [0.3, 0.4) is 0 Å². The third kappa shape index (κ3) is 3.75. The number of sulfone groups is 1. The molecule has 132 valence electrons. The fourth-order valence-electron chi connectivity index (χ4n) is 3.23. The number of nitrogens with zero attached hydrogens (tertiary/aromatic N) is 1. The lowest BCUT2D eigenvalue weighted by Crippen LogP contribution is -2.31. The average molecular weight is 359 g/mol. The van der Waals surface area contributed by atoms with Gasteiger partial charge in [-0.05, 0) is 41.3 Å². The summed E-state index contributed by atoms with van der Waals surface area (Å²) < 4.78 is 23.7. The molecule has 3 rings (SSSR count). The van der Waals surface area contributed by atoms with Crippen molar-refractivity contribution in [3.63, 3.8) is 0 Å². The summed E-state index contributed by atoms with van der Waals surface area (Å²) in [6.07, 6.45) is 0.708. The third-order valence-electron chi connectivity index (χ3n) is 4.64. The van der Waals surface area contributed by atoms with Crippen molar-refractivity contribution < 1.29 is 18.3 Å². The highest BCUT2D eigenvalue weighted by Gasteiger charge is 2.21. The van der Waals surface area contributed by atoms with Gasteiger partial charge in [0.1, 0.15) is 0 Å². The Bertz CT molecular complexity index is 888. The number of benzene rings is 2. The molecule has 1 aliphatic rings. The molecule has 6 heteroatoms. The summed E-state index contributed by atoms with van der Waals surface area (Å²) in [6.45, 7) is 3.83. The van der Waals surface area contributed by atoms with Crippen LogP contribution in [0.2, 0.25) is 0 Å². The number of rotatable bonds is 5. The molecule has 0 aliphatic carbocycles. The Morgan fingerprint density at radius 3 is 2.52 bits per heavy atom. The number of carboxylic acids is 1. The van der Waals surface area contributed by atoms with E-state index in [4.69, 9.17) is 0 Å². The second-order valence-electron chi connectivity index (χ2n) is 6.26. The normalized spacial score (nSPS) is 14.9. The molecular formula is C19H21NO4S. The number of fused-ring (bicyclic) bond motifs is 1. The van der Waals surface area contributed by atoms with Crippen LogP contribution in [-0.2, 0) is 29.3 Å². The summed E-state index contributed by atoms with van der Waals surface area (Å²) in [6, 6.07) is 12.4. The largest absolute Gasteiger partial charge is 0.478 e. The summed E-state index contributed by atoms with van der Waals surface area (Å²) in [5.74, 6) is -0.778. The maximum absolute atomic E-state index is 11.9. The van der Waals surface area contributed by atoms with Crippen molar-refractivity contribution >= 4 is 15.8 Å². The molecule has 0 unspecified atom stereocenters. The minimum Gasteiger partial charge on any atom is -0.478 e. The molecule has 0 fully saturated rings. The maximum atomic E-state index is 11.9. The van der Waals surface area contributed by atoms with Crippen molar-refractivity contribution in [1.82, 2.24) is 4.90 Å². The molecule has 0 atom stereocenters. The van der Waals surface area contributed by atoms with Gasteiger partial charge in [0.15, 0.2) is 9.84 Å². The molecular weight excluding hydrogens is 338 g/mol. The molecule has 1 N–H and O–H groups in total. The summed E-state index contributed by atoms with van der Waals surface area (Å²) in [4.78, 5) is 13.9. The predicted octanol–water partition coefficient (Wildman–Crippen LogP) is 2.74. The van der Waals surface area contributed by atoms with Gasteiger partial charge in [0.25, 0.3) is 0 Å². The third-order valence-corrected chi connectivity index (χ3v) is 6.39. The van der Waals surface area contributed by atoms with Gasteiger partial charge in [-0.3, -0.25) is 4.90 Å². The van der Waals surface area contributed by atoms with E-state index in [9.17, 15) is 18.3 Å². The smallest absolute Gasteiger partial charge is 0.335 e. The highest BCUT2D eigenvalue weighted by molar-refractivity contribution is 7.91. The maximum Gasteiger partial charge on any atom is 0.335 e. The minimum absolute atomic E-state index is 0.0984. The SMILES string of the molecule is CCS(=O)(=O)c1ccc(CN2CCc3c(cccc3C(=O)O)C2)cc1. The number of carbonyl (C=O) groups is 1. The van der Waals surface area contributed by atoms with Gasteiger partial charge in [0.05, 0.1) is 16.2 Å². The van der Waals surface area contributed by atoms with Crippen LogP contribution < -0.4 is 0 Å². The van der Waals surface area contributed by atoms with Gasteiger partial charge in [0.2, 0.25) is 0 Å². The van der Waals surface area contributed by atoms with Crippen LogP contribution in [0, 0.1) is 0 Å². The number of hydrogen-bond acceptors (Lipinski definition) is 4. The molecule has 1 aliphatic heterocycles. The van der Waals surface area contributed by atoms with E-state index in [0.29, 0.717) is 30.0 Å². The molecule has 5 nitrogen and oxygen atoms in total. The summed E-state index contributed by atoms with van der Waals surface area (Å²) in [7, 11) is -3.17. The van der Waals surface area contributed by atoms with Gasteiger partial charge in [-0.25, -0.2) is 13.2 Å². The standard InChI is InChI=1S/C19H21NO4S/c1-2-25(23,24)16-8-6-14(7-9-16)12-20-11-10-17-15(13-20)4-3-5-18(17)19(21)22/h3-9H,2,10-13H2,1H3,(H,21,22). The molecule has 2 aromatic rings. The molecule has 0 spiro atoms. The van der Waals surface area contributed by atoms with Crippen molar-refractivity contribution in [2.75, 3.05) is 12.3 Å². The molecule has 0 saturated heterocycles. The predicted molar refractivity (Wildman–Crippen MR) is 95.4 cm³/mol. The van der Waals surface area contributed by atoms with Crippen molar-refractivity contribution in [1.29, 1.82) is 0 Å². The van der Waals surface area contributed by atoms with Crippen LogP contribution >= 0.6 is 0 Å². The van der Waals surface area contributed by atoms with Gasteiger partial charge in [-0.1, -0.05) is 31.2 Å². The summed E-state index contributed by atoms with van der Waals surface area (Å²) >= 11 is 0. The Balaban J connectivity index is 1.74. The van der Waals surface area contributed by atoms with Crippen LogP contribution in [0.1, 0.15) is 34.0 Å². The molecule has 25 heavy (non-hydrogen) atoms. The van der Waals surface area contributed by atoms with Crippen molar-refractivity contribution in [2.24, 2.45) is 0 Å². The second kappa shape index (κ2) is 6.98. The number of aromatic carboxylic acids is 1. The van der Waals surface area contributed by atoms with Crippen LogP contribution in [0.25, 0.3) is 0 Å². The van der Waals surface area contributed by atoms with E-state index in [1.165, 1.54) is 0 Å². The summed E-state index contributed by atoms with van der Waals surface area (Å²) in [5.41, 5.74) is 3.42. The van der Waals surface area contributed by atoms with E-state index in [0.717, 1.165) is 23.2 Å². The Kier molecular flexibility index (Phi) is 4.92. The second-order valence-corrected chi connectivity index (χ2v) is 8.53. The average Bonchev–Trinajstić information content (AvgIpc) is 2.61. The lowest BCUT2D eigenvalue weighted by Gasteiger charge is -2.29. The summed E-state index contributed by atoms with van der Waals surface area (Å²) in [5, 5.41) is 9.29. The van der Waals surface area contributed by atoms with E-state index in [-0.39, 0.29) is 5.75 Å². The Morgan fingerprint density at radius 2 is 1.88 bits per heavy atom. The Labute approximate surface area is 147 Å². The van der Waals surface area contributed by atoms with Crippen LogP contribution in [-0.4, -0.2) is 36.7 Å². The first-order valence-electron chi connectivity index (χ1n) is 8.29. The van der Waals surface area contributed by atoms with Crippen LogP contribution in [0.5, 0.6) is 0 Å². The molecule has 0 aromatic heterocycles. The molecule has 0 radical (unpaired) electrons. The lowest BCUT2D eigenvalue weighted by atomic mass is 9.94.